The van der Waals surface area contributed by atoms with Crippen molar-refractivity contribution in [1.29, 1.82) is 0 Å². The number of rotatable bonds is 10. The van der Waals surface area contributed by atoms with E-state index >= 15 is 0 Å². The molecular weight excluding hydrogens is 554 g/mol. The van der Waals surface area contributed by atoms with Crippen molar-refractivity contribution in [2.75, 3.05) is 19.7 Å². The number of sulfonamides is 1. The van der Waals surface area contributed by atoms with Crippen molar-refractivity contribution in [2.24, 2.45) is 16.4 Å². The first-order valence-corrected chi connectivity index (χ1v) is 15.4. The van der Waals surface area contributed by atoms with Gasteiger partial charge in [0, 0.05) is 24.2 Å². The van der Waals surface area contributed by atoms with Gasteiger partial charge >= 0.3 is 0 Å². The normalized spacial score (nSPS) is 20.8. The summed E-state index contributed by atoms with van der Waals surface area (Å²) in [6.45, 7) is 14.3. The first kappa shape index (κ1) is 30.1. The summed E-state index contributed by atoms with van der Waals surface area (Å²) in [5.41, 5.74) is 0.470. The summed E-state index contributed by atoms with van der Waals surface area (Å²) in [6.07, 6.45) is 6.25. The van der Waals surface area contributed by atoms with E-state index in [1.54, 1.807) is 30.1 Å². The molecule has 4 heterocycles. The molecule has 2 aliphatic rings. The molecule has 0 aliphatic carbocycles. The van der Waals surface area contributed by atoms with Crippen molar-refractivity contribution in [2.45, 2.75) is 71.6 Å². The van der Waals surface area contributed by atoms with Gasteiger partial charge in [0.05, 0.1) is 12.2 Å². The number of hydrogen-bond acceptors (Lipinski definition) is 8. The van der Waals surface area contributed by atoms with E-state index in [2.05, 4.69) is 59.8 Å². The van der Waals surface area contributed by atoms with Crippen LogP contribution in [-0.2, 0) is 10.0 Å². The van der Waals surface area contributed by atoms with Crippen LogP contribution in [0.4, 0.5) is 0 Å². The zero-order valence-electron chi connectivity index (χ0n) is 23.9. The van der Waals surface area contributed by atoms with Gasteiger partial charge in [0.2, 0.25) is 11.1 Å². The number of halogens is 1. The third kappa shape index (κ3) is 7.67. The summed E-state index contributed by atoms with van der Waals surface area (Å²) in [5.74, 6) is 0.520. The molecule has 13 heteroatoms. The monoisotopic (exact) mass is 592 g/mol. The van der Waals surface area contributed by atoms with Crippen molar-refractivity contribution in [3.05, 3.63) is 35.1 Å². The van der Waals surface area contributed by atoms with E-state index < -0.39 is 21.2 Å². The van der Waals surface area contributed by atoms with Crippen LogP contribution in [-0.4, -0.2) is 76.2 Å². The molecule has 218 valence electrons. The van der Waals surface area contributed by atoms with Crippen molar-refractivity contribution in [3.63, 3.8) is 0 Å². The lowest BCUT2D eigenvalue weighted by Crippen LogP contribution is -2.42. The molecule has 2 atom stereocenters. The Hall–Kier alpha value is -2.83. The van der Waals surface area contributed by atoms with Gasteiger partial charge in [-0.15, -0.1) is 5.10 Å². The molecule has 2 aromatic heterocycles. The Morgan fingerprint density at radius 3 is 2.70 bits per heavy atom. The summed E-state index contributed by atoms with van der Waals surface area (Å²) in [5, 5.41) is 11.0. The number of pyridine rings is 1. The van der Waals surface area contributed by atoms with Crippen LogP contribution in [0.1, 0.15) is 71.2 Å². The minimum atomic E-state index is -4.10. The van der Waals surface area contributed by atoms with Gasteiger partial charge in [0.25, 0.3) is 15.9 Å². The van der Waals surface area contributed by atoms with Gasteiger partial charge in [0.1, 0.15) is 10.9 Å². The molecule has 0 radical (unpaired) electrons. The Labute approximate surface area is 241 Å². The molecule has 11 nitrogen and oxygen atoms in total. The van der Waals surface area contributed by atoms with Gasteiger partial charge in [-0.1, -0.05) is 37.1 Å². The van der Waals surface area contributed by atoms with Gasteiger partial charge in [0.15, 0.2) is 18.6 Å². The average Bonchev–Trinajstić information content (AvgIpc) is 3.55. The fraction of sp³-hybridized carbons (Fsp3) is 0.593. The van der Waals surface area contributed by atoms with Crippen molar-refractivity contribution < 1.29 is 22.6 Å². The second-order valence-electron chi connectivity index (χ2n) is 12.4. The Morgan fingerprint density at radius 1 is 1.30 bits per heavy atom. The van der Waals surface area contributed by atoms with Crippen molar-refractivity contribution in [1.82, 2.24) is 24.8 Å². The predicted octanol–water partition coefficient (Wildman–Crippen LogP) is 3.41. The molecule has 4 rings (SSSR count). The lowest BCUT2D eigenvalue weighted by atomic mass is 9.94. The quantitative estimate of drug-likeness (QED) is 0.319. The fourth-order valence-electron chi connectivity index (χ4n) is 4.79. The van der Waals surface area contributed by atoms with Crippen LogP contribution >= 0.6 is 11.6 Å². The number of aromatic nitrogens is 3. The number of nitrogens with one attached hydrogen (secondary N) is 2. The maximum atomic E-state index is 13.1. The highest BCUT2D eigenvalue weighted by molar-refractivity contribution is 7.92. The smallest absolute Gasteiger partial charge is 0.267 e. The van der Waals surface area contributed by atoms with E-state index in [0.29, 0.717) is 36.5 Å². The van der Waals surface area contributed by atoms with E-state index in [1.807, 2.05) is 0 Å². The maximum absolute atomic E-state index is 13.1. The first-order chi connectivity index (χ1) is 18.6. The van der Waals surface area contributed by atoms with Gasteiger partial charge in [-0.05, 0) is 68.7 Å². The third-order valence-corrected chi connectivity index (χ3v) is 8.66. The highest BCUT2D eigenvalue weighted by Crippen LogP contribution is 2.26. The van der Waals surface area contributed by atoms with Crippen LogP contribution < -0.4 is 14.8 Å². The second kappa shape index (κ2) is 11.6. The zero-order chi connectivity index (χ0) is 29.3. The highest BCUT2D eigenvalue weighted by atomic mass is 35.5. The number of hydrazone groups is 1. The van der Waals surface area contributed by atoms with Crippen LogP contribution in [0.15, 0.2) is 29.5 Å². The predicted molar refractivity (Wildman–Crippen MR) is 155 cm³/mol. The zero-order valence-corrected chi connectivity index (χ0v) is 25.5. The molecule has 2 N–H and O–H groups in total. The third-order valence-electron chi connectivity index (χ3n) is 6.77. The number of carbonyl (C=O) groups excluding carboxylic acids is 1. The van der Waals surface area contributed by atoms with E-state index in [1.165, 1.54) is 16.8 Å². The van der Waals surface area contributed by atoms with Crippen LogP contribution in [0.3, 0.4) is 0 Å². The lowest BCUT2D eigenvalue weighted by molar-refractivity contribution is -0.526. The number of hydrogen-bond donors (Lipinski definition) is 2. The van der Waals surface area contributed by atoms with Gasteiger partial charge in [-0.2, -0.15) is 0 Å². The average molecular weight is 593 g/mol. The minimum Gasteiger partial charge on any atom is -0.476 e. The standard InChI is InChI=1S/C27H38ClN7O4S/c1-18-21(16-34(31-18)12-7-8-19-14-27(5,6)29-15-19)40(37,38)33-25(36)20-9-10-22(30-24(20)28)35-13-11-23(32-35)39-17-26(2,3)4/h9-11,13,16,19,21,29H,7-8,12,14-15,17H2,1-6H3/p+1. The largest absolute Gasteiger partial charge is 0.476 e. The van der Waals surface area contributed by atoms with Crippen molar-refractivity contribution in [3.8, 4) is 11.7 Å². The van der Waals surface area contributed by atoms with Crippen molar-refractivity contribution >= 4 is 39.5 Å². The second-order valence-corrected chi connectivity index (χ2v) is 14.5. The maximum Gasteiger partial charge on any atom is 0.267 e. The topological polar surface area (TPSA) is 131 Å². The Balaban J connectivity index is 1.36. The number of carbonyl (C=O) groups is 1. The van der Waals surface area contributed by atoms with Gasteiger partial charge in [-0.3, -0.25) is 4.79 Å². The molecule has 1 fully saturated rings. The molecule has 1 saturated heterocycles. The van der Waals surface area contributed by atoms with E-state index in [9.17, 15) is 13.2 Å². The number of nitrogens with zero attached hydrogens (tertiary/aromatic N) is 5. The van der Waals surface area contributed by atoms with Crippen LogP contribution in [0.2, 0.25) is 5.15 Å². The van der Waals surface area contributed by atoms with E-state index in [4.69, 9.17) is 16.3 Å². The summed E-state index contributed by atoms with van der Waals surface area (Å²) < 4.78 is 37.1. The minimum absolute atomic E-state index is 0.0236. The molecule has 0 spiro atoms. The lowest BCUT2D eigenvalue weighted by Gasteiger charge is -2.17. The SMILES string of the molecule is CC1=N[N+](CCCC2CNC(C)(C)C2)=CC1S(=O)(=O)NC(=O)c1ccc(-n2ccc(OCC(C)(C)C)n2)nc1Cl. The van der Waals surface area contributed by atoms with Gasteiger partial charge in [-0.25, -0.2) is 22.8 Å². The summed E-state index contributed by atoms with van der Waals surface area (Å²) in [7, 11) is -4.10. The molecule has 0 bridgehead atoms. The van der Waals surface area contributed by atoms with E-state index in [-0.39, 0.29) is 21.7 Å². The Kier molecular flexibility index (Phi) is 8.72. The Bertz CT molecular complexity index is 1430. The number of amides is 1. The van der Waals surface area contributed by atoms with Crippen LogP contribution in [0.5, 0.6) is 5.88 Å². The molecule has 2 aromatic rings. The summed E-state index contributed by atoms with van der Waals surface area (Å²) in [4.78, 5) is 17.1. The molecular formula is C27H39ClN7O4S+. The summed E-state index contributed by atoms with van der Waals surface area (Å²) >= 11 is 6.29. The molecule has 2 unspecified atom stereocenters. The summed E-state index contributed by atoms with van der Waals surface area (Å²) in [6, 6.07) is 4.65. The molecule has 1 amide bonds. The molecule has 40 heavy (non-hydrogen) atoms. The van der Waals surface area contributed by atoms with Crippen LogP contribution in [0.25, 0.3) is 5.82 Å². The van der Waals surface area contributed by atoms with E-state index in [0.717, 1.165) is 25.8 Å². The molecule has 2 aliphatic heterocycles. The highest BCUT2D eigenvalue weighted by Gasteiger charge is 2.38. The fourth-order valence-corrected chi connectivity index (χ4v) is 6.32. The molecule has 0 aromatic carbocycles. The Morgan fingerprint density at radius 2 is 2.05 bits per heavy atom. The number of ether oxygens (including phenoxy) is 1. The van der Waals surface area contributed by atoms with Gasteiger partial charge < -0.3 is 10.1 Å². The molecule has 0 saturated carbocycles. The first-order valence-electron chi connectivity index (χ1n) is 13.4. The van der Waals surface area contributed by atoms with Crippen LogP contribution in [0, 0.1) is 11.3 Å².